The molecule has 4 rings (SSSR count). The molecule has 1 aliphatic heterocycles. The maximum atomic E-state index is 13.3. The Morgan fingerprint density at radius 3 is 2.38 bits per heavy atom. The summed E-state index contributed by atoms with van der Waals surface area (Å²) in [6.45, 7) is 1.89. The second-order valence-electron chi connectivity index (χ2n) is 8.90. The number of carbonyl (C=O) groups excluding carboxylic acids is 2. The molecule has 2 aromatic rings. The van der Waals surface area contributed by atoms with Gasteiger partial charge in [0.2, 0.25) is 11.8 Å². The van der Waals surface area contributed by atoms with Crippen molar-refractivity contribution in [2.45, 2.75) is 63.1 Å². The summed E-state index contributed by atoms with van der Waals surface area (Å²) in [6, 6.07) is 18.8. The fraction of sp³-hybridized carbons (Fsp3) is 0.423. The standard InChI is InChI=1S/C26H31N3O3/c1-26(18-32-24(29-26)20-13-7-3-8-14-20)25(31)28-22(17-19-11-5-2-6-12-19)23(30)27-21-15-9-4-10-16-21/h2-3,5-8,11-14,21-22H,4,9-10,15-18H2,1H3,(H,27,30)(H,28,31)/t22-,26-/m0/s1. The average Bonchev–Trinajstić information content (AvgIpc) is 3.24. The fourth-order valence-corrected chi connectivity index (χ4v) is 4.26. The summed E-state index contributed by atoms with van der Waals surface area (Å²) in [5, 5.41) is 6.13. The van der Waals surface area contributed by atoms with Gasteiger partial charge < -0.3 is 15.4 Å². The first-order valence-corrected chi connectivity index (χ1v) is 11.5. The molecule has 0 radical (unpaired) electrons. The van der Waals surface area contributed by atoms with Gasteiger partial charge in [-0.05, 0) is 37.5 Å². The molecule has 1 aliphatic carbocycles. The van der Waals surface area contributed by atoms with Crippen molar-refractivity contribution in [3.63, 3.8) is 0 Å². The molecule has 2 amide bonds. The summed E-state index contributed by atoms with van der Waals surface area (Å²) in [4.78, 5) is 31.0. The number of carbonyl (C=O) groups is 2. The number of rotatable bonds is 7. The maximum Gasteiger partial charge on any atom is 0.252 e. The molecule has 2 aromatic carbocycles. The van der Waals surface area contributed by atoms with Crippen LogP contribution in [-0.4, -0.2) is 41.9 Å². The predicted octanol–water partition coefficient (Wildman–Crippen LogP) is 3.40. The van der Waals surface area contributed by atoms with Crippen molar-refractivity contribution in [2.24, 2.45) is 4.99 Å². The van der Waals surface area contributed by atoms with E-state index in [1.165, 1.54) is 6.42 Å². The summed E-state index contributed by atoms with van der Waals surface area (Å²) in [6.07, 6.45) is 5.90. The highest BCUT2D eigenvalue weighted by molar-refractivity contribution is 6.00. The molecule has 0 spiro atoms. The highest BCUT2D eigenvalue weighted by Gasteiger charge is 2.41. The van der Waals surface area contributed by atoms with Crippen LogP contribution in [0.2, 0.25) is 0 Å². The topological polar surface area (TPSA) is 79.8 Å². The number of ether oxygens (including phenoxy) is 1. The number of benzene rings is 2. The quantitative estimate of drug-likeness (QED) is 0.702. The van der Waals surface area contributed by atoms with E-state index in [2.05, 4.69) is 15.6 Å². The van der Waals surface area contributed by atoms with Crippen LogP contribution in [0.4, 0.5) is 0 Å². The molecule has 1 heterocycles. The molecule has 0 unspecified atom stereocenters. The van der Waals surface area contributed by atoms with E-state index < -0.39 is 11.6 Å². The molecule has 168 valence electrons. The second kappa shape index (κ2) is 9.98. The van der Waals surface area contributed by atoms with Crippen LogP contribution in [0.5, 0.6) is 0 Å². The Balaban J connectivity index is 1.48. The van der Waals surface area contributed by atoms with Crippen molar-refractivity contribution in [1.29, 1.82) is 0 Å². The van der Waals surface area contributed by atoms with Gasteiger partial charge in [0.05, 0.1) is 0 Å². The second-order valence-corrected chi connectivity index (χ2v) is 8.90. The lowest BCUT2D eigenvalue weighted by Crippen LogP contribution is -2.55. The Morgan fingerprint density at radius 2 is 1.69 bits per heavy atom. The van der Waals surface area contributed by atoms with E-state index >= 15 is 0 Å². The third-order valence-electron chi connectivity index (χ3n) is 6.20. The summed E-state index contributed by atoms with van der Waals surface area (Å²) in [5.74, 6) is 0.0153. The van der Waals surface area contributed by atoms with Crippen LogP contribution in [-0.2, 0) is 20.7 Å². The summed E-state index contributed by atoms with van der Waals surface area (Å²) in [5.41, 5.74) is 0.753. The van der Waals surface area contributed by atoms with Crippen molar-refractivity contribution >= 4 is 17.7 Å². The smallest absolute Gasteiger partial charge is 0.252 e. The average molecular weight is 434 g/mol. The third-order valence-corrected chi connectivity index (χ3v) is 6.20. The van der Waals surface area contributed by atoms with Gasteiger partial charge in [-0.1, -0.05) is 67.8 Å². The van der Waals surface area contributed by atoms with Gasteiger partial charge in [0.25, 0.3) is 5.91 Å². The van der Waals surface area contributed by atoms with Crippen molar-refractivity contribution in [3.05, 3.63) is 71.8 Å². The zero-order valence-electron chi connectivity index (χ0n) is 18.5. The highest BCUT2D eigenvalue weighted by Crippen LogP contribution is 2.23. The molecule has 0 saturated heterocycles. The Labute approximate surface area is 189 Å². The van der Waals surface area contributed by atoms with Gasteiger partial charge in [0, 0.05) is 18.0 Å². The van der Waals surface area contributed by atoms with E-state index in [1.807, 2.05) is 60.7 Å². The Hall–Kier alpha value is -3.15. The monoisotopic (exact) mass is 433 g/mol. The molecular formula is C26H31N3O3. The lowest BCUT2D eigenvalue weighted by atomic mass is 9.94. The first-order valence-electron chi connectivity index (χ1n) is 11.5. The van der Waals surface area contributed by atoms with Crippen molar-refractivity contribution < 1.29 is 14.3 Å². The predicted molar refractivity (Wildman–Crippen MR) is 124 cm³/mol. The number of hydrogen-bond acceptors (Lipinski definition) is 4. The number of nitrogens with one attached hydrogen (secondary N) is 2. The van der Waals surface area contributed by atoms with Gasteiger partial charge in [-0.15, -0.1) is 0 Å². The first-order chi connectivity index (χ1) is 15.5. The van der Waals surface area contributed by atoms with Crippen LogP contribution in [0.3, 0.4) is 0 Å². The van der Waals surface area contributed by atoms with Gasteiger partial charge in [-0.25, -0.2) is 4.99 Å². The minimum Gasteiger partial charge on any atom is -0.474 e. The van der Waals surface area contributed by atoms with Crippen LogP contribution < -0.4 is 10.6 Å². The van der Waals surface area contributed by atoms with Crippen LogP contribution >= 0.6 is 0 Å². The van der Waals surface area contributed by atoms with E-state index in [0.717, 1.165) is 36.8 Å². The summed E-state index contributed by atoms with van der Waals surface area (Å²) in [7, 11) is 0. The number of nitrogens with zero attached hydrogens (tertiary/aromatic N) is 1. The first kappa shape index (κ1) is 22.1. The molecule has 0 bridgehead atoms. The Morgan fingerprint density at radius 1 is 1.03 bits per heavy atom. The third kappa shape index (κ3) is 5.36. The molecule has 0 aromatic heterocycles. The van der Waals surface area contributed by atoms with Gasteiger partial charge in [0.1, 0.15) is 12.6 Å². The van der Waals surface area contributed by atoms with Crippen molar-refractivity contribution in [2.75, 3.05) is 6.61 Å². The van der Waals surface area contributed by atoms with Crippen LogP contribution in [0, 0.1) is 0 Å². The van der Waals surface area contributed by atoms with Crippen LogP contribution in [0.1, 0.15) is 50.2 Å². The molecule has 6 heteroatoms. The Bertz CT molecular complexity index is 955. The molecular weight excluding hydrogens is 402 g/mol. The number of aliphatic imine (C=N–C) groups is 1. The van der Waals surface area contributed by atoms with E-state index in [9.17, 15) is 9.59 Å². The number of amides is 2. The van der Waals surface area contributed by atoms with E-state index in [1.54, 1.807) is 6.92 Å². The van der Waals surface area contributed by atoms with E-state index in [0.29, 0.717) is 12.3 Å². The van der Waals surface area contributed by atoms with Crippen LogP contribution in [0.15, 0.2) is 65.7 Å². The SMILES string of the molecule is C[C@@]1(C(=O)N[C@@H](Cc2ccccc2)C(=O)NC2CCCCC2)COC(c2ccccc2)=N1. The number of hydrogen-bond donors (Lipinski definition) is 2. The minimum atomic E-state index is -1.08. The summed E-state index contributed by atoms with van der Waals surface area (Å²) < 4.78 is 5.75. The fourth-order valence-electron chi connectivity index (χ4n) is 4.26. The molecule has 6 nitrogen and oxygen atoms in total. The molecule has 2 aliphatic rings. The largest absolute Gasteiger partial charge is 0.474 e. The van der Waals surface area contributed by atoms with Gasteiger partial charge >= 0.3 is 0 Å². The summed E-state index contributed by atoms with van der Waals surface area (Å²) >= 11 is 0. The van der Waals surface area contributed by atoms with E-state index in [-0.39, 0.29) is 24.5 Å². The molecule has 32 heavy (non-hydrogen) atoms. The highest BCUT2D eigenvalue weighted by atomic mass is 16.5. The van der Waals surface area contributed by atoms with Gasteiger partial charge in [-0.2, -0.15) is 0 Å². The Kier molecular flexibility index (Phi) is 6.88. The lowest BCUT2D eigenvalue weighted by molar-refractivity contribution is -0.132. The van der Waals surface area contributed by atoms with E-state index in [4.69, 9.17) is 4.74 Å². The molecule has 2 atom stereocenters. The minimum absolute atomic E-state index is 0.135. The van der Waals surface area contributed by atoms with Crippen LogP contribution in [0.25, 0.3) is 0 Å². The van der Waals surface area contributed by atoms with Crippen molar-refractivity contribution in [1.82, 2.24) is 10.6 Å². The van der Waals surface area contributed by atoms with Gasteiger partial charge in [0.15, 0.2) is 5.54 Å². The maximum absolute atomic E-state index is 13.3. The van der Waals surface area contributed by atoms with Gasteiger partial charge in [-0.3, -0.25) is 9.59 Å². The molecule has 2 N–H and O–H groups in total. The normalized spacial score (nSPS) is 21.8. The molecule has 1 saturated carbocycles. The zero-order chi connectivity index (χ0) is 22.4. The molecule has 1 fully saturated rings. The van der Waals surface area contributed by atoms with Crippen molar-refractivity contribution in [3.8, 4) is 0 Å². The zero-order valence-corrected chi connectivity index (χ0v) is 18.5. The lowest BCUT2D eigenvalue weighted by Gasteiger charge is -2.27.